The Balaban J connectivity index is 1.92. The van der Waals surface area contributed by atoms with Crippen LogP contribution in [0.1, 0.15) is 60.3 Å². The van der Waals surface area contributed by atoms with Crippen LogP contribution >= 0.6 is 0 Å². The molecule has 0 radical (unpaired) electrons. The SMILES string of the molecule is CC(C)(CCOC(=O)C(C)(C)C)COS(=O)(=O)ON1C(=O)N2CC[C@H]1CC[C@H]2C(N)=O. The minimum absolute atomic E-state index is 0.115. The molecule has 11 nitrogen and oxygen atoms in total. The average molecular weight is 464 g/mol. The molecule has 2 N–H and O–H groups in total. The molecule has 0 unspecified atom stereocenters. The number of fused-ring (bicyclic) bond motifs is 4. The first-order valence-corrected chi connectivity index (χ1v) is 11.6. The molecule has 3 heterocycles. The zero-order valence-electron chi connectivity index (χ0n) is 18.8. The van der Waals surface area contributed by atoms with Crippen molar-refractivity contribution in [2.45, 2.75) is 72.4 Å². The van der Waals surface area contributed by atoms with E-state index in [4.69, 9.17) is 18.9 Å². The topological polar surface area (TPSA) is 146 Å². The fraction of sp³-hybridized carbons (Fsp3) is 0.842. The van der Waals surface area contributed by atoms with E-state index in [-0.39, 0.29) is 19.2 Å². The third kappa shape index (κ3) is 6.78. The first-order valence-electron chi connectivity index (χ1n) is 10.3. The summed E-state index contributed by atoms with van der Waals surface area (Å²) in [6, 6.07) is -2.00. The van der Waals surface area contributed by atoms with Crippen LogP contribution < -0.4 is 5.73 Å². The van der Waals surface area contributed by atoms with Gasteiger partial charge in [-0.3, -0.25) is 9.59 Å². The molecular weight excluding hydrogens is 430 g/mol. The number of primary amides is 1. The standard InChI is InChI=1S/C19H33N3O8S/c1-18(2,3)16(24)28-11-9-19(4,5)12-29-31(26,27)30-22-13-6-7-14(15(20)23)21(10-8-13)17(22)25/h13-14H,6-12H2,1-5H3,(H2,20,23)/t13-,14+/m1/s1. The van der Waals surface area contributed by atoms with Crippen molar-refractivity contribution in [3.8, 4) is 0 Å². The molecule has 12 heteroatoms. The lowest BCUT2D eigenvalue weighted by Crippen LogP contribution is -2.56. The summed E-state index contributed by atoms with van der Waals surface area (Å²) < 4.78 is 39.9. The van der Waals surface area contributed by atoms with Crippen molar-refractivity contribution < 1.29 is 36.0 Å². The van der Waals surface area contributed by atoms with Crippen molar-refractivity contribution in [3.05, 3.63) is 0 Å². The van der Waals surface area contributed by atoms with Crippen molar-refractivity contribution in [2.24, 2.45) is 16.6 Å². The maximum absolute atomic E-state index is 12.6. The minimum atomic E-state index is -4.53. The molecule has 178 valence electrons. The van der Waals surface area contributed by atoms with Gasteiger partial charge in [-0.05, 0) is 51.9 Å². The number of esters is 1. The van der Waals surface area contributed by atoms with E-state index < -0.39 is 45.3 Å². The van der Waals surface area contributed by atoms with Crippen LogP contribution in [0.4, 0.5) is 4.79 Å². The van der Waals surface area contributed by atoms with Crippen LogP contribution in [0, 0.1) is 10.8 Å². The number of carbonyl (C=O) groups excluding carboxylic acids is 3. The lowest BCUT2D eigenvalue weighted by molar-refractivity contribution is -0.153. The number of amides is 3. The second kappa shape index (κ2) is 9.29. The molecule has 2 bridgehead atoms. The van der Waals surface area contributed by atoms with Crippen LogP contribution in [0.25, 0.3) is 0 Å². The highest BCUT2D eigenvalue weighted by atomic mass is 32.3. The first-order chi connectivity index (χ1) is 14.1. The fourth-order valence-corrected chi connectivity index (χ4v) is 4.18. The van der Waals surface area contributed by atoms with Gasteiger partial charge in [-0.15, -0.1) is 4.28 Å². The lowest BCUT2D eigenvalue weighted by Gasteiger charge is -2.37. The maximum Gasteiger partial charge on any atom is 0.421 e. The summed E-state index contributed by atoms with van der Waals surface area (Å²) in [5, 5.41) is 0.764. The summed E-state index contributed by atoms with van der Waals surface area (Å²) >= 11 is 0. The molecule has 31 heavy (non-hydrogen) atoms. The third-order valence-corrected chi connectivity index (χ3v) is 6.09. The normalized spacial score (nSPS) is 22.4. The molecule has 2 atom stereocenters. The molecule has 0 aromatic carbocycles. The van der Waals surface area contributed by atoms with Gasteiger partial charge in [0.15, 0.2) is 0 Å². The monoisotopic (exact) mass is 463 g/mol. The van der Waals surface area contributed by atoms with E-state index in [2.05, 4.69) is 0 Å². The largest absolute Gasteiger partial charge is 0.465 e. The van der Waals surface area contributed by atoms with Gasteiger partial charge in [0.05, 0.1) is 24.7 Å². The van der Waals surface area contributed by atoms with Crippen LogP contribution in [0.15, 0.2) is 0 Å². The van der Waals surface area contributed by atoms with Crippen molar-refractivity contribution >= 4 is 28.3 Å². The van der Waals surface area contributed by atoms with Gasteiger partial charge in [-0.1, -0.05) is 13.8 Å². The Hall–Kier alpha value is -1.92. The molecule has 3 saturated heterocycles. The molecule has 0 saturated carbocycles. The van der Waals surface area contributed by atoms with Gasteiger partial charge in [0.1, 0.15) is 6.04 Å². The Morgan fingerprint density at radius 2 is 1.77 bits per heavy atom. The minimum Gasteiger partial charge on any atom is -0.465 e. The molecule has 3 rings (SSSR count). The predicted molar refractivity (Wildman–Crippen MR) is 109 cm³/mol. The van der Waals surface area contributed by atoms with Gasteiger partial charge in [0.2, 0.25) is 5.91 Å². The zero-order valence-corrected chi connectivity index (χ0v) is 19.6. The van der Waals surface area contributed by atoms with Crippen molar-refractivity contribution in [1.29, 1.82) is 0 Å². The van der Waals surface area contributed by atoms with E-state index in [0.717, 1.165) is 5.06 Å². The number of hydrogen-bond acceptors (Lipinski definition) is 8. The molecule has 0 spiro atoms. The summed E-state index contributed by atoms with van der Waals surface area (Å²) in [6.45, 7) is 8.93. The second-order valence-electron chi connectivity index (χ2n) is 9.78. The maximum atomic E-state index is 12.6. The van der Waals surface area contributed by atoms with Gasteiger partial charge in [0, 0.05) is 6.54 Å². The van der Waals surface area contributed by atoms with Crippen molar-refractivity contribution in [2.75, 3.05) is 19.8 Å². The molecule has 3 aliphatic rings. The second-order valence-corrected chi connectivity index (χ2v) is 11.0. The van der Waals surface area contributed by atoms with Crippen LogP contribution in [-0.2, 0) is 33.2 Å². The fourth-order valence-electron chi connectivity index (χ4n) is 3.29. The van der Waals surface area contributed by atoms with E-state index in [1.807, 2.05) is 0 Å². The van der Waals surface area contributed by atoms with Crippen LogP contribution in [0.3, 0.4) is 0 Å². The Kier molecular flexibility index (Phi) is 7.59. The van der Waals surface area contributed by atoms with E-state index in [9.17, 15) is 22.8 Å². The highest BCUT2D eigenvalue weighted by molar-refractivity contribution is 7.81. The Labute approximate surface area is 183 Å². The number of carbonyl (C=O) groups is 3. The first kappa shape index (κ1) is 25.3. The Morgan fingerprint density at radius 3 is 2.35 bits per heavy atom. The van der Waals surface area contributed by atoms with E-state index in [1.54, 1.807) is 34.6 Å². The zero-order chi connectivity index (χ0) is 23.6. The molecule has 0 aromatic rings. The van der Waals surface area contributed by atoms with Crippen molar-refractivity contribution in [3.63, 3.8) is 0 Å². The van der Waals surface area contributed by atoms with Gasteiger partial charge in [0.25, 0.3) is 0 Å². The number of nitrogens with two attached hydrogens (primary N) is 1. The van der Waals surface area contributed by atoms with Gasteiger partial charge >= 0.3 is 22.4 Å². The average Bonchev–Trinajstić information content (AvgIpc) is 2.92. The van der Waals surface area contributed by atoms with E-state index in [0.29, 0.717) is 32.2 Å². The van der Waals surface area contributed by atoms with Gasteiger partial charge in [-0.25, -0.2) is 8.98 Å². The molecule has 0 aromatic heterocycles. The number of urea groups is 1. The summed E-state index contributed by atoms with van der Waals surface area (Å²) in [4.78, 5) is 37.3. The third-order valence-electron chi connectivity index (χ3n) is 5.34. The van der Waals surface area contributed by atoms with Crippen LogP contribution in [0.2, 0.25) is 0 Å². The molecule has 3 amide bonds. The quantitative estimate of drug-likeness (QED) is 0.504. The smallest absolute Gasteiger partial charge is 0.421 e. The number of hydrogen-bond donors (Lipinski definition) is 1. The summed E-state index contributed by atoms with van der Waals surface area (Å²) in [5.74, 6) is -0.983. The Morgan fingerprint density at radius 1 is 1.13 bits per heavy atom. The highest BCUT2D eigenvalue weighted by Crippen LogP contribution is 2.30. The summed E-state index contributed by atoms with van der Waals surface area (Å²) in [7, 11) is -4.53. The van der Waals surface area contributed by atoms with Gasteiger partial charge in [-0.2, -0.15) is 13.5 Å². The molecular formula is C19H33N3O8S. The summed E-state index contributed by atoms with van der Waals surface area (Å²) in [6.07, 6.45) is 1.54. The summed E-state index contributed by atoms with van der Waals surface area (Å²) in [5.41, 5.74) is 4.10. The van der Waals surface area contributed by atoms with E-state index in [1.165, 1.54) is 4.90 Å². The number of ether oxygens (including phenoxy) is 1. The predicted octanol–water partition coefficient (Wildman–Crippen LogP) is 1.33. The highest BCUT2D eigenvalue weighted by Gasteiger charge is 2.45. The molecule has 0 aliphatic carbocycles. The van der Waals surface area contributed by atoms with Crippen LogP contribution in [-0.4, -0.2) is 68.1 Å². The molecule has 3 aliphatic heterocycles. The van der Waals surface area contributed by atoms with E-state index >= 15 is 0 Å². The molecule has 3 fully saturated rings. The van der Waals surface area contributed by atoms with Crippen molar-refractivity contribution in [1.82, 2.24) is 9.96 Å². The van der Waals surface area contributed by atoms with Crippen LogP contribution in [0.5, 0.6) is 0 Å². The Bertz CT molecular complexity index is 805. The van der Waals surface area contributed by atoms with Gasteiger partial charge < -0.3 is 15.4 Å². The number of hydroxylamine groups is 2. The lowest BCUT2D eigenvalue weighted by atomic mass is 9.91. The number of rotatable bonds is 9. The number of nitrogens with zero attached hydrogens (tertiary/aromatic N) is 2.